The first kappa shape index (κ1) is 23.8. The van der Waals surface area contributed by atoms with Crippen molar-refractivity contribution in [2.45, 2.75) is 110 Å². The fourth-order valence-corrected chi connectivity index (χ4v) is 6.60. The summed E-state index contributed by atoms with van der Waals surface area (Å²) in [4.78, 5) is 0. The number of allylic oxidation sites excluding steroid dienone is 4. The number of hydrogen-bond acceptors (Lipinski definition) is 3. The third-order valence-corrected chi connectivity index (χ3v) is 8.62. The molecule has 3 nitrogen and oxygen atoms in total. The van der Waals surface area contributed by atoms with Crippen LogP contribution in [-0.4, -0.2) is 33.1 Å². The summed E-state index contributed by atoms with van der Waals surface area (Å²) in [7, 11) is 0. The number of fused-ring (bicyclic) bond motifs is 1. The van der Waals surface area contributed by atoms with Crippen molar-refractivity contribution in [3.8, 4) is 0 Å². The average Bonchev–Trinajstić information content (AvgIpc) is 3.05. The zero-order valence-electron chi connectivity index (χ0n) is 19.7. The molecule has 3 N–H and O–H groups in total. The first-order chi connectivity index (χ1) is 14.0. The molecule has 3 heteroatoms. The van der Waals surface area contributed by atoms with Crippen LogP contribution in [0.2, 0.25) is 0 Å². The fourth-order valence-electron chi connectivity index (χ4n) is 6.60. The standard InChI is InChI=1S/C27H44O3/c1-18(2)24(29)14-16-27(5,30)25-13-12-23-20(7-6-15-26(23,25)4)9-10-21-17-22(28)11-8-19(21)3/h9-10,18,22-25,28-30H,3,6-8,11-17H2,1-2,4-5H3/b20-9+,21-10-/t22-,23+,24+,25+,26+,27+/m1/s1. The van der Waals surface area contributed by atoms with Gasteiger partial charge in [0.2, 0.25) is 0 Å². The molecule has 0 aromatic heterocycles. The Labute approximate surface area is 184 Å². The molecule has 3 aliphatic carbocycles. The van der Waals surface area contributed by atoms with Gasteiger partial charge in [-0.05, 0) is 99.9 Å². The molecule has 0 radical (unpaired) electrons. The first-order valence-corrected chi connectivity index (χ1v) is 12.2. The molecule has 3 aliphatic rings. The molecule has 0 saturated heterocycles. The second kappa shape index (κ2) is 9.30. The Morgan fingerprint density at radius 2 is 1.93 bits per heavy atom. The largest absolute Gasteiger partial charge is 0.393 e. The maximum Gasteiger partial charge on any atom is 0.0654 e. The molecule has 0 bridgehead atoms. The van der Waals surface area contributed by atoms with Crippen molar-refractivity contribution in [3.05, 3.63) is 35.5 Å². The second-order valence-electron chi connectivity index (χ2n) is 11.2. The molecule has 3 rings (SSSR count). The van der Waals surface area contributed by atoms with E-state index < -0.39 is 5.60 Å². The molecule has 3 saturated carbocycles. The van der Waals surface area contributed by atoms with E-state index in [0.717, 1.165) is 38.5 Å². The van der Waals surface area contributed by atoms with Gasteiger partial charge in [-0.1, -0.05) is 50.6 Å². The fraction of sp³-hybridized carbons (Fsp3) is 0.778. The van der Waals surface area contributed by atoms with Crippen molar-refractivity contribution < 1.29 is 15.3 Å². The summed E-state index contributed by atoms with van der Waals surface area (Å²) in [5.41, 5.74) is 3.29. The molecule has 0 aromatic rings. The average molecular weight is 417 g/mol. The van der Waals surface area contributed by atoms with Gasteiger partial charge >= 0.3 is 0 Å². The van der Waals surface area contributed by atoms with E-state index in [1.54, 1.807) is 0 Å². The maximum absolute atomic E-state index is 11.5. The lowest BCUT2D eigenvalue weighted by Crippen LogP contribution is -2.45. The Hall–Kier alpha value is -0.900. The van der Waals surface area contributed by atoms with Gasteiger partial charge < -0.3 is 15.3 Å². The van der Waals surface area contributed by atoms with E-state index >= 15 is 0 Å². The molecule has 0 spiro atoms. The van der Waals surface area contributed by atoms with E-state index in [-0.39, 0.29) is 29.5 Å². The third kappa shape index (κ3) is 4.95. The predicted molar refractivity (Wildman–Crippen MR) is 124 cm³/mol. The van der Waals surface area contributed by atoms with E-state index in [1.807, 2.05) is 20.8 Å². The van der Waals surface area contributed by atoms with Gasteiger partial charge in [0.05, 0.1) is 17.8 Å². The topological polar surface area (TPSA) is 60.7 Å². The van der Waals surface area contributed by atoms with Gasteiger partial charge in [0.15, 0.2) is 0 Å². The highest BCUT2D eigenvalue weighted by molar-refractivity contribution is 5.36. The monoisotopic (exact) mass is 416 g/mol. The Morgan fingerprint density at radius 3 is 2.63 bits per heavy atom. The van der Waals surface area contributed by atoms with E-state index in [2.05, 4.69) is 25.7 Å². The van der Waals surface area contributed by atoms with Gasteiger partial charge in [0, 0.05) is 0 Å². The van der Waals surface area contributed by atoms with Crippen molar-refractivity contribution in [3.63, 3.8) is 0 Å². The molecule has 3 fully saturated rings. The highest BCUT2D eigenvalue weighted by atomic mass is 16.3. The molecular formula is C27H44O3. The van der Waals surface area contributed by atoms with Crippen LogP contribution in [0.1, 0.15) is 91.9 Å². The van der Waals surface area contributed by atoms with Crippen molar-refractivity contribution in [1.82, 2.24) is 0 Å². The maximum atomic E-state index is 11.5. The smallest absolute Gasteiger partial charge is 0.0654 e. The molecule has 170 valence electrons. The lowest BCUT2D eigenvalue weighted by Gasteiger charge is -2.47. The molecule has 30 heavy (non-hydrogen) atoms. The molecule has 0 aromatic carbocycles. The van der Waals surface area contributed by atoms with Crippen LogP contribution in [0.5, 0.6) is 0 Å². The van der Waals surface area contributed by atoms with Crippen LogP contribution >= 0.6 is 0 Å². The number of aliphatic hydroxyl groups excluding tert-OH is 2. The third-order valence-electron chi connectivity index (χ3n) is 8.62. The van der Waals surface area contributed by atoms with Crippen LogP contribution in [0, 0.1) is 23.2 Å². The molecular weight excluding hydrogens is 372 g/mol. The highest BCUT2D eigenvalue weighted by Gasteiger charge is 2.54. The summed E-state index contributed by atoms with van der Waals surface area (Å²) < 4.78 is 0. The zero-order chi connectivity index (χ0) is 22.1. The van der Waals surface area contributed by atoms with E-state index in [9.17, 15) is 15.3 Å². The van der Waals surface area contributed by atoms with Crippen LogP contribution < -0.4 is 0 Å². The minimum atomic E-state index is -0.734. The normalized spacial score (nSPS) is 38.1. The summed E-state index contributed by atoms with van der Waals surface area (Å²) in [6.07, 6.45) is 13.4. The van der Waals surface area contributed by atoms with E-state index in [1.165, 1.54) is 29.6 Å². The van der Waals surface area contributed by atoms with Gasteiger partial charge in [0.1, 0.15) is 0 Å². The minimum absolute atomic E-state index is 0.123. The zero-order valence-corrected chi connectivity index (χ0v) is 19.7. The van der Waals surface area contributed by atoms with Crippen molar-refractivity contribution in [2.75, 3.05) is 0 Å². The number of aliphatic hydroxyl groups is 3. The summed E-state index contributed by atoms with van der Waals surface area (Å²) in [5, 5.41) is 31.7. The Balaban J connectivity index is 1.75. The Bertz CT molecular complexity index is 686. The molecule has 0 heterocycles. The van der Waals surface area contributed by atoms with Crippen molar-refractivity contribution in [2.24, 2.45) is 23.2 Å². The van der Waals surface area contributed by atoms with Gasteiger partial charge in [-0.2, -0.15) is 0 Å². The predicted octanol–water partition coefficient (Wildman–Crippen LogP) is 5.70. The number of hydrogen-bond donors (Lipinski definition) is 3. The van der Waals surface area contributed by atoms with Crippen LogP contribution in [0.25, 0.3) is 0 Å². The lowest BCUT2D eigenvalue weighted by atomic mass is 9.59. The van der Waals surface area contributed by atoms with Gasteiger partial charge in [0.25, 0.3) is 0 Å². The second-order valence-corrected chi connectivity index (χ2v) is 11.2. The molecule has 0 unspecified atom stereocenters. The summed E-state index contributed by atoms with van der Waals surface area (Å²) in [5.74, 6) is 1.03. The Morgan fingerprint density at radius 1 is 1.20 bits per heavy atom. The molecule has 0 amide bonds. The molecule has 6 atom stereocenters. The van der Waals surface area contributed by atoms with Crippen LogP contribution in [0.3, 0.4) is 0 Å². The van der Waals surface area contributed by atoms with Crippen molar-refractivity contribution >= 4 is 0 Å². The summed E-state index contributed by atoms with van der Waals surface area (Å²) in [6, 6.07) is 0. The lowest BCUT2D eigenvalue weighted by molar-refractivity contribution is -0.0722. The summed E-state index contributed by atoms with van der Waals surface area (Å²) >= 11 is 0. The molecule has 0 aliphatic heterocycles. The highest BCUT2D eigenvalue weighted by Crippen LogP contribution is 2.60. The Kier molecular flexibility index (Phi) is 7.37. The van der Waals surface area contributed by atoms with Crippen LogP contribution in [0.15, 0.2) is 35.5 Å². The van der Waals surface area contributed by atoms with E-state index in [4.69, 9.17) is 0 Å². The van der Waals surface area contributed by atoms with Gasteiger partial charge in [-0.25, -0.2) is 0 Å². The first-order valence-electron chi connectivity index (χ1n) is 12.2. The van der Waals surface area contributed by atoms with Gasteiger partial charge in [-0.15, -0.1) is 0 Å². The minimum Gasteiger partial charge on any atom is -0.393 e. The number of rotatable bonds is 6. The van der Waals surface area contributed by atoms with Crippen molar-refractivity contribution in [1.29, 1.82) is 0 Å². The van der Waals surface area contributed by atoms with Crippen LogP contribution in [0.4, 0.5) is 0 Å². The van der Waals surface area contributed by atoms with Gasteiger partial charge in [-0.3, -0.25) is 0 Å². The van der Waals surface area contributed by atoms with E-state index in [0.29, 0.717) is 18.8 Å². The summed E-state index contributed by atoms with van der Waals surface area (Å²) in [6.45, 7) is 12.7. The van der Waals surface area contributed by atoms with Crippen LogP contribution in [-0.2, 0) is 0 Å². The SMILES string of the molecule is C=C1CC[C@@H](O)C/C1=C/C=C1\CCC[C@@]2(C)[C@H]1CC[C@@H]2[C@@](C)(O)CC[C@H](O)C(C)C. The quantitative estimate of drug-likeness (QED) is 0.520.